The molecule has 0 aliphatic carbocycles. The zero-order valence-electron chi connectivity index (χ0n) is 9.66. The number of hydrogen-bond donors (Lipinski definition) is 0. The molecule has 0 aromatic carbocycles. The molecule has 2 atom stereocenters. The van der Waals surface area contributed by atoms with E-state index in [1.807, 2.05) is 0 Å². The quantitative estimate of drug-likeness (QED) is 0.683. The van der Waals surface area contributed by atoms with Gasteiger partial charge in [0, 0.05) is 31.5 Å². The van der Waals surface area contributed by atoms with Crippen molar-refractivity contribution in [1.82, 2.24) is 9.21 Å². The summed E-state index contributed by atoms with van der Waals surface area (Å²) in [6.07, 6.45) is 6.03. The number of hydrogen-bond acceptors (Lipinski definition) is 4. The maximum Gasteiger partial charge on any atom is 0.266 e. The summed E-state index contributed by atoms with van der Waals surface area (Å²) in [6.45, 7) is 0.853. The third-order valence-electron chi connectivity index (χ3n) is 3.05. The molecule has 2 rings (SSSR count). The number of allylic oxidation sites excluding steroid dienone is 1. The van der Waals surface area contributed by atoms with Gasteiger partial charge in [-0.25, -0.2) is 17.7 Å². The van der Waals surface area contributed by atoms with Crippen LogP contribution in [0.2, 0.25) is 0 Å². The van der Waals surface area contributed by atoms with E-state index in [2.05, 4.69) is 4.99 Å². The van der Waals surface area contributed by atoms with Crippen LogP contribution in [-0.4, -0.2) is 55.6 Å². The van der Waals surface area contributed by atoms with Crippen molar-refractivity contribution in [3.63, 3.8) is 0 Å². The fourth-order valence-corrected chi connectivity index (χ4v) is 3.07. The maximum atomic E-state index is 13.6. The van der Waals surface area contributed by atoms with Gasteiger partial charge in [-0.05, 0) is 18.9 Å². The highest BCUT2D eigenvalue weighted by molar-refractivity contribution is 7.88. The van der Waals surface area contributed by atoms with Crippen LogP contribution in [0.3, 0.4) is 0 Å². The van der Waals surface area contributed by atoms with E-state index < -0.39 is 16.4 Å². The molecule has 2 unspecified atom stereocenters. The van der Waals surface area contributed by atoms with Gasteiger partial charge in [0.1, 0.15) is 0 Å². The molecular weight excluding hydrogens is 245 g/mol. The van der Waals surface area contributed by atoms with Crippen molar-refractivity contribution >= 4 is 16.2 Å². The molecule has 0 radical (unpaired) electrons. The van der Waals surface area contributed by atoms with Crippen molar-refractivity contribution < 1.29 is 12.8 Å². The van der Waals surface area contributed by atoms with Gasteiger partial charge in [0.15, 0.2) is 0 Å². The van der Waals surface area contributed by atoms with E-state index in [9.17, 15) is 12.8 Å². The second-order valence-corrected chi connectivity index (χ2v) is 6.30. The lowest BCUT2D eigenvalue weighted by Crippen LogP contribution is -2.50. The smallest absolute Gasteiger partial charge is 0.266 e. The van der Waals surface area contributed by atoms with Crippen LogP contribution in [-0.2, 0) is 10.0 Å². The third-order valence-corrected chi connectivity index (χ3v) is 4.32. The highest BCUT2D eigenvalue weighted by Gasteiger charge is 2.31. The Bertz CT molecular complexity index is 435. The van der Waals surface area contributed by atoms with Gasteiger partial charge in [0.2, 0.25) is 10.0 Å². The molecule has 0 spiro atoms. The average molecular weight is 261 g/mol. The average Bonchev–Trinajstić information content (AvgIpc) is 2.29. The third kappa shape index (κ3) is 2.84. The van der Waals surface area contributed by atoms with Gasteiger partial charge in [-0.2, -0.15) is 4.39 Å². The standard InChI is InChI=1S/C10H16FN3O2S/c1-17(15,16)13-6-2-4-9(8-13)14-7-3-5-12-10(14)11/h3,5,7,9-10H,2,4,6,8H2,1H3. The molecule has 17 heavy (non-hydrogen) atoms. The number of alkyl halides is 1. The van der Waals surface area contributed by atoms with Gasteiger partial charge < -0.3 is 4.90 Å². The number of aliphatic imine (C=N–C) groups is 1. The molecule has 2 aliphatic heterocycles. The highest BCUT2D eigenvalue weighted by Crippen LogP contribution is 2.22. The molecule has 2 heterocycles. The number of sulfonamides is 1. The molecule has 0 N–H and O–H groups in total. The molecule has 0 amide bonds. The number of halogens is 1. The lowest BCUT2D eigenvalue weighted by Gasteiger charge is -2.38. The highest BCUT2D eigenvalue weighted by atomic mass is 32.2. The van der Waals surface area contributed by atoms with E-state index in [4.69, 9.17) is 0 Å². The molecule has 0 aromatic heterocycles. The summed E-state index contributed by atoms with van der Waals surface area (Å²) in [5, 5.41) is 0. The van der Waals surface area contributed by atoms with Gasteiger partial charge in [-0.15, -0.1) is 0 Å². The molecule has 0 aromatic rings. The van der Waals surface area contributed by atoms with Crippen LogP contribution >= 0.6 is 0 Å². The minimum absolute atomic E-state index is 0.137. The van der Waals surface area contributed by atoms with Crippen molar-refractivity contribution in [2.24, 2.45) is 4.99 Å². The van der Waals surface area contributed by atoms with Crippen LogP contribution in [0.15, 0.2) is 17.3 Å². The van der Waals surface area contributed by atoms with E-state index in [0.717, 1.165) is 12.8 Å². The van der Waals surface area contributed by atoms with E-state index in [-0.39, 0.29) is 6.04 Å². The zero-order chi connectivity index (χ0) is 12.5. The normalized spacial score (nSPS) is 30.8. The van der Waals surface area contributed by atoms with Crippen LogP contribution < -0.4 is 0 Å². The lowest BCUT2D eigenvalue weighted by atomic mass is 10.1. The Kier molecular flexibility index (Phi) is 3.48. The first-order valence-electron chi connectivity index (χ1n) is 5.55. The Hall–Kier alpha value is -0.950. The van der Waals surface area contributed by atoms with E-state index in [0.29, 0.717) is 13.1 Å². The lowest BCUT2D eigenvalue weighted by molar-refractivity contribution is 0.0680. The summed E-state index contributed by atoms with van der Waals surface area (Å²) in [7, 11) is -3.19. The van der Waals surface area contributed by atoms with E-state index in [1.165, 1.54) is 21.7 Å². The SMILES string of the molecule is CS(=O)(=O)N1CCCC(N2C=CC=NC2F)C1. The van der Waals surface area contributed by atoms with Crippen molar-refractivity contribution in [1.29, 1.82) is 0 Å². The predicted molar refractivity (Wildman–Crippen MR) is 63.8 cm³/mol. The van der Waals surface area contributed by atoms with Crippen molar-refractivity contribution in [3.05, 3.63) is 12.3 Å². The van der Waals surface area contributed by atoms with Crippen LogP contribution in [0.1, 0.15) is 12.8 Å². The first kappa shape index (κ1) is 12.5. The van der Waals surface area contributed by atoms with Crippen LogP contribution in [0.5, 0.6) is 0 Å². The van der Waals surface area contributed by atoms with E-state index in [1.54, 1.807) is 12.3 Å². The van der Waals surface area contributed by atoms with E-state index >= 15 is 0 Å². The Morgan fingerprint density at radius 1 is 1.47 bits per heavy atom. The van der Waals surface area contributed by atoms with Crippen LogP contribution in [0.4, 0.5) is 4.39 Å². The second kappa shape index (κ2) is 4.73. The van der Waals surface area contributed by atoms with Crippen molar-refractivity contribution in [2.75, 3.05) is 19.3 Å². The largest absolute Gasteiger partial charge is 0.326 e. The first-order chi connectivity index (χ1) is 7.98. The van der Waals surface area contributed by atoms with Gasteiger partial charge in [-0.3, -0.25) is 0 Å². The number of piperidine rings is 1. The summed E-state index contributed by atoms with van der Waals surface area (Å²) in [4.78, 5) is 5.14. The predicted octanol–water partition coefficient (Wildman–Crippen LogP) is 0.564. The fraction of sp³-hybridized carbons (Fsp3) is 0.700. The van der Waals surface area contributed by atoms with Gasteiger partial charge >= 0.3 is 0 Å². The molecule has 7 heteroatoms. The summed E-state index contributed by atoms with van der Waals surface area (Å²) in [5.41, 5.74) is 0. The maximum absolute atomic E-state index is 13.6. The molecule has 0 saturated carbocycles. The Labute approximate surface area is 101 Å². The van der Waals surface area contributed by atoms with Crippen molar-refractivity contribution in [3.8, 4) is 0 Å². The monoisotopic (exact) mass is 261 g/mol. The second-order valence-electron chi connectivity index (χ2n) is 4.31. The minimum Gasteiger partial charge on any atom is -0.326 e. The van der Waals surface area contributed by atoms with Crippen molar-refractivity contribution in [2.45, 2.75) is 25.3 Å². The zero-order valence-corrected chi connectivity index (χ0v) is 10.5. The summed E-state index contributed by atoms with van der Waals surface area (Å²) in [5.74, 6) is 0. The molecule has 96 valence electrons. The topological polar surface area (TPSA) is 53.0 Å². The van der Waals surface area contributed by atoms with Gasteiger partial charge in [0.05, 0.1) is 6.26 Å². The Morgan fingerprint density at radius 3 is 2.88 bits per heavy atom. The molecule has 2 aliphatic rings. The Balaban J connectivity index is 2.07. The molecule has 0 bridgehead atoms. The fourth-order valence-electron chi connectivity index (χ4n) is 2.17. The van der Waals surface area contributed by atoms with Gasteiger partial charge in [-0.1, -0.05) is 0 Å². The van der Waals surface area contributed by atoms with Crippen LogP contribution in [0.25, 0.3) is 0 Å². The number of rotatable bonds is 2. The summed E-state index contributed by atoms with van der Waals surface area (Å²) >= 11 is 0. The summed E-state index contributed by atoms with van der Waals surface area (Å²) < 4.78 is 37.9. The molecule has 1 saturated heterocycles. The van der Waals surface area contributed by atoms with Crippen LogP contribution in [0, 0.1) is 0 Å². The molecule has 5 nitrogen and oxygen atoms in total. The molecule has 1 fully saturated rings. The molecular formula is C10H16FN3O2S. The van der Waals surface area contributed by atoms with Gasteiger partial charge in [0.25, 0.3) is 6.42 Å². The Morgan fingerprint density at radius 2 is 2.24 bits per heavy atom. The minimum atomic E-state index is -3.19. The number of nitrogens with zero attached hydrogens (tertiary/aromatic N) is 3. The summed E-state index contributed by atoms with van der Waals surface area (Å²) in [6, 6.07) is -0.137. The first-order valence-corrected chi connectivity index (χ1v) is 7.40.